The van der Waals surface area contributed by atoms with Crippen LogP contribution >= 0.6 is 0 Å². The van der Waals surface area contributed by atoms with E-state index in [-0.39, 0.29) is 11.8 Å². The lowest BCUT2D eigenvalue weighted by molar-refractivity contribution is 0.0696. The Morgan fingerprint density at radius 1 is 1.19 bits per heavy atom. The first-order valence-corrected chi connectivity index (χ1v) is 9.04. The Balaban J connectivity index is 1.50. The minimum Gasteiger partial charge on any atom is -0.337 e. The third kappa shape index (κ3) is 3.40. The molecule has 0 radical (unpaired) electrons. The summed E-state index contributed by atoms with van der Waals surface area (Å²) in [5.74, 6) is 1.33. The fourth-order valence-electron chi connectivity index (χ4n) is 3.66. The van der Waals surface area contributed by atoms with Crippen molar-refractivity contribution in [3.8, 4) is 0 Å². The van der Waals surface area contributed by atoms with Gasteiger partial charge in [-0.05, 0) is 24.5 Å². The summed E-state index contributed by atoms with van der Waals surface area (Å²) in [5.41, 5.74) is 1.77. The molecule has 0 bridgehead atoms. The second kappa shape index (κ2) is 7.15. The van der Waals surface area contributed by atoms with Crippen LogP contribution in [0.2, 0.25) is 0 Å². The highest BCUT2D eigenvalue weighted by molar-refractivity contribution is 5.92. The van der Waals surface area contributed by atoms with Crippen molar-refractivity contribution in [2.45, 2.75) is 25.3 Å². The van der Waals surface area contributed by atoms with Gasteiger partial charge in [0.25, 0.3) is 5.91 Å². The van der Waals surface area contributed by atoms with Crippen LogP contribution < -0.4 is 0 Å². The highest BCUT2D eigenvalue weighted by Crippen LogP contribution is 2.27. The van der Waals surface area contributed by atoms with Crippen molar-refractivity contribution in [1.29, 1.82) is 0 Å². The van der Waals surface area contributed by atoms with Gasteiger partial charge in [0.1, 0.15) is 11.5 Å². The molecule has 3 heterocycles. The van der Waals surface area contributed by atoms with Gasteiger partial charge in [0.05, 0.1) is 0 Å². The van der Waals surface area contributed by atoms with E-state index in [1.54, 1.807) is 16.9 Å². The maximum Gasteiger partial charge on any atom is 0.274 e. The number of nitrogens with zero attached hydrogens (tertiary/aromatic N) is 5. The Morgan fingerprint density at radius 2 is 2.04 bits per heavy atom. The molecule has 134 valence electrons. The normalized spacial score (nSPS) is 17.4. The molecule has 1 amide bonds. The predicted octanol–water partition coefficient (Wildman–Crippen LogP) is 2.68. The topological polar surface area (TPSA) is 56.0 Å². The summed E-state index contributed by atoms with van der Waals surface area (Å²) in [6.07, 6.45) is 7.74. The average molecular weight is 349 g/mol. The first kappa shape index (κ1) is 16.6. The van der Waals surface area contributed by atoms with Crippen LogP contribution in [0.1, 0.15) is 40.6 Å². The van der Waals surface area contributed by atoms with Crippen molar-refractivity contribution in [3.63, 3.8) is 0 Å². The van der Waals surface area contributed by atoms with Gasteiger partial charge in [-0.3, -0.25) is 9.48 Å². The van der Waals surface area contributed by atoms with Crippen LogP contribution in [0.4, 0.5) is 0 Å². The van der Waals surface area contributed by atoms with Gasteiger partial charge in [-0.25, -0.2) is 4.98 Å². The maximum absolute atomic E-state index is 12.7. The Hall–Kier alpha value is -2.89. The first-order valence-electron chi connectivity index (χ1n) is 9.04. The molecule has 0 saturated carbocycles. The molecule has 1 saturated heterocycles. The van der Waals surface area contributed by atoms with E-state index in [1.165, 1.54) is 5.56 Å². The molecule has 1 aliphatic heterocycles. The van der Waals surface area contributed by atoms with Gasteiger partial charge in [0.2, 0.25) is 0 Å². The summed E-state index contributed by atoms with van der Waals surface area (Å²) < 4.78 is 3.87. The maximum atomic E-state index is 12.7. The smallest absolute Gasteiger partial charge is 0.274 e. The second-order valence-corrected chi connectivity index (χ2v) is 6.86. The molecular weight excluding hydrogens is 326 g/mol. The molecule has 0 N–H and O–H groups in total. The fraction of sp³-hybridized carbons (Fsp3) is 0.350. The molecule has 26 heavy (non-hydrogen) atoms. The zero-order valence-electron chi connectivity index (χ0n) is 15.0. The number of benzene rings is 1. The van der Waals surface area contributed by atoms with Gasteiger partial charge < -0.3 is 9.47 Å². The molecule has 4 rings (SSSR count). The summed E-state index contributed by atoms with van der Waals surface area (Å²) in [6, 6.07) is 12.2. The fourth-order valence-corrected chi connectivity index (χ4v) is 3.66. The van der Waals surface area contributed by atoms with E-state index in [0.29, 0.717) is 12.2 Å². The van der Waals surface area contributed by atoms with Crippen LogP contribution in [-0.4, -0.2) is 43.2 Å². The number of carbonyl (C=O) groups excluding carboxylic acids is 1. The van der Waals surface area contributed by atoms with Gasteiger partial charge in [-0.15, -0.1) is 0 Å². The molecule has 6 nitrogen and oxygen atoms in total. The molecule has 0 aliphatic carbocycles. The highest BCUT2D eigenvalue weighted by Gasteiger charge is 2.28. The lowest BCUT2D eigenvalue weighted by Crippen LogP contribution is -2.40. The molecule has 2 aromatic heterocycles. The number of hydrogen-bond donors (Lipinski definition) is 0. The largest absolute Gasteiger partial charge is 0.337 e. The number of imidazole rings is 1. The van der Waals surface area contributed by atoms with E-state index < -0.39 is 0 Å². The minimum absolute atomic E-state index is 0.0106. The highest BCUT2D eigenvalue weighted by atomic mass is 16.2. The standard InChI is InChI=1S/C20H23N5O/c1-23-12-9-18(22-23)20(26)25-11-5-8-17(15-25)19-21-10-13-24(19)14-16-6-3-2-4-7-16/h2-4,6-7,9-10,12-13,17H,5,8,11,14-15H2,1H3. The number of amides is 1. The monoisotopic (exact) mass is 349 g/mol. The van der Waals surface area contributed by atoms with Crippen molar-refractivity contribution in [1.82, 2.24) is 24.2 Å². The molecular formula is C20H23N5O. The average Bonchev–Trinajstić information content (AvgIpc) is 3.31. The van der Waals surface area contributed by atoms with E-state index in [1.807, 2.05) is 30.4 Å². The van der Waals surface area contributed by atoms with Crippen molar-refractivity contribution in [2.75, 3.05) is 13.1 Å². The summed E-state index contributed by atoms with van der Waals surface area (Å²) in [7, 11) is 1.83. The molecule has 1 aliphatic rings. The Kier molecular flexibility index (Phi) is 4.56. The van der Waals surface area contributed by atoms with Crippen molar-refractivity contribution in [3.05, 3.63) is 72.1 Å². The van der Waals surface area contributed by atoms with Gasteiger partial charge >= 0.3 is 0 Å². The van der Waals surface area contributed by atoms with Crippen molar-refractivity contribution < 1.29 is 4.79 Å². The number of aromatic nitrogens is 4. The lowest BCUT2D eigenvalue weighted by atomic mass is 9.96. The number of piperidine rings is 1. The molecule has 1 aromatic carbocycles. The number of likely N-dealkylation sites (tertiary alicyclic amines) is 1. The van der Waals surface area contributed by atoms with Crippen LogP contribution in [0.3, 0.4) is 0 Å². The van der Waals surface area contributed by atoms with E-state index in [2.05, 4.69) is 38.9 Å². The third-order valence-corrected chi connectivity index (χ3v) is 4.95. The molecule has 1 atom stereocenters. The van der Waals surface area contributed by atoms with Gasteiger partial charge in [0, 0.05) is 51.2 Å². The van der Waals surface area contributed by atoms with Gasteiger partial charge in [0.15, 0.2) is 0 Å². The first-order chi connectivity index (χ1) is 12.7. The van der Waals surface area contributed by atoms with Crippen LogP contribution in [0.15, 0.2) is 55.0 Å². The summed E-state index contributed by atoms with van der Waals surface area (Å²) in [4.78, 5) is 19.3. The van der Waals surface area contributed by atoms with E-state index in [0.717, 1.165) is 31.8 Å². The molecule has 1 fully saturated rings. The van der Waals surface area contributed by atoms with Crippen molar-refractivity contribution in [2.24, 2.45) is 7.05 Å². The SMILES string of the molecule is Cn1ccc(C(=O)N2CCCC(c3nccn3Cc3ccccc3)C2)n1. The summed E-state index contributed by atoms with van der Waals surface area (Å²) in [6.45, 7) is 2.29. The number of rotatable bonds is 4. The van der Waals surface area contributed by atoms with E-state index >= 15 is 0 Å². The molecule has 1 unspecified atom stereocenters. The predicted molar refractivity (Wildman–Crippen MR) is 98.9 cm³/mol. The van der Waals surface area contributed by atoms with Crippen LogP contribution in [0, 0.1) is 0 Å². The second-order valence-electron chi connectivity index (χ2n) is 6.86. The quantitative estimate of drug-likeness (QED) is 0.728. The summed E-state index contributed by atoms with van der Waals surface area (Å²) >= 11 is 0. The van der Waals surface area contributed by atoms with E-state index in [4.69, 9.17) is 0 Å². The Morgan fingerprint density at radius 3 is 2.81 bits per heavy atom. The van der Waals surface area contributed by atoms with Crippen LogP contribution in [0.25, 0.3) is 0 Å². The number of carbonyl (C=O) groups is 1. The van der Waals surface area contributed by atoms with Gasteiger partial charge in [-0.1, -0.05) is 30.3 Å². The summed E-state index contributed by atoms with van der Waals surface area (Å²) in [5, 5.41) is 4.25. The van der Waals surface area contributed by atoms with E-state index in [9.17, 15) is 4.79 Å². The Bertz CT molecular complexity index is 883. The number of aryl methyl sites for hydroxylation is 1. The number of hydrogen-bond acceptors (Lipinski definition) is 3. The zero-order valence-corrected chi connectivity index (χ0v) is 15.0. The minimum atomic E-state index is 0.0106. The van der Waals surface area contributed by atoms with Crippen molar-refractivity contribution >= 4 is 5.91 Å². The third-order valence-electron chi connectivity index (χ3n) is 4.95. The van der Waals surface area contributed by atoms with Crippen LogP contribution in [0.5, 0.6) is 0 Å². The van der Waals surface area contributed by atoms with Crippen LogP contribution in [-0.2, 0) is 13.6 Å². The molecule has 6 heteroatoms. The molecule has 0 spiro atoms. The van der Waals surface area contributed by atoms with Gasteiger partial charge in [-0.2, -0.15) is 5.10 Å². The lowest BCUT2D eigenvalue weighted by Gasteiger charge is -2.32. The molecule has 3 aromatic rings. The Labute approximate surface area is 153 Å². The zero-order chi connectivity index (χ0) is 17.9.